The van der Waals surface area contributed by atoms with Crippen molar-refractivity contribution in [2.75, 3.05) is 26.2 Å². The third-order valence-corrected chi connectivity index (χ3v) is 5.00. The number of nitrogens with zero attached hydrogens (tertiary/aromatic N) is 4. The SMILES string of the molecule is CCN(CC(=O)O)C1CCN(Cc2nc(-c3ccc(Cl)cc3)no2)CC1. The van der Waals surface area contributed by atoms with E-state index in [1.165, 1.54) is 0 Å². The first-order valence-electron chi connectivity index (χ1n) is 8.82. The highest BCUT2D eigenvalue weighted by molar-refractivity contribution is 6.30. The zero-order chi connectivity index (χ0) is 18.5. The van der Waals surface area contributed by atoms with Gasteiger partial charge in [0.2, 0.25) is 11.7 Å². The number of hydrogen-bond donors (Lipinski definition) is 1. The van der Waals surface area contributed by atoms with Gasteiger partial charge in [0.15, 0.2) is 0 Å². The van der Waals surface area contributed by atoms with Gasteiger partial charge in [-0.3, -0.25) is 14.6 Å². The molecule has 0 radical (unpaired) electrons. The number of rotatable bonds is 7. The minimum Gasteiger partial charge on any atom is -0.480 e. The minimum atomic E-state index is -0.769. The van der Waals surface area contributed by atoms with Crippen molar-refractivity contribution in [2.45, 2.75) is 32.4 Å². The zero-order valence-electron chi connectivity index (χ0n) is 14.8. The Hall–Kier alpha value is -1.96. The van der Waals surface area contributed by atoms with E-state index in [1.807, 2.05) is 24.0 Å². The lowest BCUT2D eigenvalue weighted by Gasteiger charge is -2.36. The summed E-state index contributed by atoms with van der Waals surface area (Å²) >= 11 is 5.90. The Morgan fingerprint density at radius 3 is 2.65 bits per heavy atom. The number of carboxylic acid groups (broad SMARTS) is 1. The highest BCUT2D eigenvalue weighted by Gasteiger charge is 2.26. The van der Waals surface area contributed by atoms with Gasteiger partial charge in [-0.25, -0.2) is 0 Å². The van der Waals surface area contributed by atoms with Crippen LogP contribution in [0, 0.1) is 0 Å². The van der Waals surface area contributed by atoms with Crippen LogP contribution in [-0.4, -0.2) is 63.2 Å². The van der Waals surface area contributed by atoms with Crippen molar-refractivity contribution in [3.05, 3.63) is 35.2 Å². The molecule has 8 heteroatoms. The number of halogens is 1. The van der Waals surface area contributed by atoms with Gasteiger partial charge in [-0.05, 0) is 43.7 Å². The van der Waals surface area contributed by atoms with Gasteiger partial charge in [0.1, 0.15) is 0 Å². The van der Waals surface area contributed by atoms with Gasteiger partial charge >= 0.3 is 5.97 Å². The molecular weight excluding hydrogens is 356 g/mol. The molecular formula is C18H23ClN4O3. The number of benzene rings is 1. The summed E-state index contributed by atoms with van der Waals surface area (Å²) in [6.07, 6.45) is 1.89. The quantitative estimate of drug-likeness (QED) is 0.793. The van der Waals surface area contributed by atoms with Gasteiger partial charge < -0.3 is 9.63 Å². The molecule has 0 unspecified atom stereocenters. The van der Waals surface area contributed by atoms with Crippen molar-refractivity contribution < 1.29 is 14.4 Å². The summed E-state index contributed by atoms with van der Waals surface area (Å²) in [4.78, 5) is 19.7. The Morgan fingerprint density at radius 2 is 2.04 bits per heavy atom. The molecule has 1 aliphatic rings. The predicted octanol–water partition coefficient (Wildman–Crippen LogP) is 2.76. The van der Waals surface area contributed by atoms with Crippen LogP contribution >= 0.6 is 11.6 Å². The Labute approximate surface area is 157 Å². The van der Waals surface area contributed by atoms with Gasteiger partial charge in [-0.2, -0.15) is 4.98 Å². The fourth-order valence-electron chi connectivity index (χ4n) is 3.34. The van der Waals surface area contributed by atoms with E-state index >= 15 is 0 Å². The lowest BCUT2D eigenvalue weighted by molar-refractivity contribution is -0.139. The number of hydrogen-bond acceptors (Lipinski definition) is 6. The number of likely N-dealkylation sites (tertiary alicyclic amines) is 1. The summed E-state index contributed by atoms with van der Waals surface area (Å²) in [5.41, 5.74) is 0.871. The normalized spacial score (nSPS) is 16.3. The molecule has 0 atom stereocenters. The lowest BCUT2D eigenvalue weighted by atomic mass is 10.0. The highest BCUT2D eigenvalue weighted by Crippen LogP contribution is 2.21. The zero-order valence-corrected chi connectivity index (χ0v) is 15.5. The fourth-order valence-corrected chi connectivity index (χ4v) is 3.47. The molecule has 1 N–H and O–H groups in total. The van der Waals surface area contributed by atoms with E-state index in [9.17, 15) is 4.79 Å². The number of carbonyl (C=O) groups is 1. The maximum Gasteiger partial charge on any atom is 0.317 e. The maximum atomic E-state index is 11.0. The van der Waals surface area contributed by atoms with Crippen LogP contribution in [0.1, 0.15) is 25.7 Å². The lowest BCUT2D eigenvalue weighted by Crippen LogP contribution is -2.46. The summed E-state index contributed by atoms with van der Waals surface area (Å²) in [7, 11) is 0. The molecule has 26 heavy (non-hydrogen) atoms. The third-order valence-electron chi connectivity index (χ3n) is 4.75. The standard InChI is InChI=1S/C18H23ClN4O3/c1-2-23(12-17(24)25)15-7-9-22(10-8-15)11-16-20-18(21-26-16)13-3-5-14(19)6-4-13/h3-6,15H,2,7-12H2,1H3,(H,24,25). The monoisotopic (exact) mass is 378 g/mol. The van der Waals surface area contributed by atoms with Crippen LogP contribution in [0.2, 0.25) is 5.02 Å². The Kier molecular flexibility index (Phi) is 6.24. The highest BCUT2D eigenvalue weighted by atomic mass is 35.5. The topological polar surface area (TPSA) is 82.7 Å². The first-order valence-corrected chi connectivity index (χ1v) is 9.19. The van der Waals surface area contributed by atoms with Gasteiger partial charge in [0.25, 0.3) is 0 Å². The van der Waals surface area contributed by atoms with Crippen LogP contribution in [0.25, 0.3) is 11.4 Å². The molecule has 3 rings (SSSR count). The van der Waals surface area contributed by atoms with Crippen molar-refractivity contribution >= 4 is 17.6 Å². The van der Waals surface area contributed by atoms with Crippen LogP contribution < -0.4 is 0 Å². The van der Waals surface area contributed by atoms with E-state index in [-0.39, 0.29) is 6.54 Å². The molecule has 1 aromatic carbocycles. The van der Waals surface area contributed by atoms with Gasteiger partial charge in [0.05, 0.1) is 13.1 Å². The molecule has 0 aliphatic carbocycles. The van der Waals surface area contributed by atoms with Gasteiger partial charge in [-0.1, -0.05) is 23.7 Å². The Balaban J connectivity index is 1.53. The first-order chi connectivity index (χ1) is 12.5. The second-order valence-corrected chi connectivity index (χ2v) is 6.92. The molecule has 7 nitrogen and oxygen atoms in total. The summed E-state index contributed by atoms with van der Waals surface area (Å²) in [5, 5.41) is 13.7. The van der Waals surface area contributed by atoms with Gasteiger partial charge in [0, 0.05) is 29.7 Å². The first kappa shape index (κ1) is 18.8. The van der Waals surface area contributed by atoms with Crippen molar-refractivity contribution in [3.63, 3.8) is 0 Å². The second kappa shape index (κ2) is 8.62. The molecule has 0 saturated carbocycles. The minimum absolute atomic E-state index is 0.106. The largest absolute Gasteiger partial charge is 0.480 e. The number of aliphatic carboxylic acids is 1. The van der Waals surface area contributed by atoms with Crippen LogP contribution in [0.5, 0.6) is 0 Å². The van der Waals surface area contributed by atoms with Crippen LogP contribution in [-0.2, 0) is 11.3 Å². The molecule has 1 aromatic heterocycles. The molecule has 1 saturated heterocycles. The second-order valence-electron chi connectivity index (χ2n) is 6.48. The smallest absolute Gasteiger partial charge is 0.317 e. The van der Waals surface area contributed by atoms with E-state index in [0.29, 0.717) is 29.3 Å². The van der Waals surface area contributed by atoms with Crippen LogP contribution in [0.3, 0.4) is 0 Å². The van der Waals surface area contributed by atoms with E-state index in [0.717, 1.165) is 38.0 Å². The molecule has 2 heterocycles. The van der Waals surface area contributed by atoms with Crippen molar-refractivity contribution in [1.29, 1.82) is 0 Å². The summed E-state index contributed by atoms with van der Waals surface area (Å²) < 4.78 is 5.38. The van der Waals surface area contributed by atoms with E-state index < -0.39 is 5.97 Å². The molecule has 1 fully saturated rings. The number of carboxylic acids is 1. The van der Waals surface area contributed by atoms with Crippen molar-refractivity contribution in [3.8, 4) is 11.4 Å². The van der Waals surface area contributed by atoms with Gasteiger partial charge in [-0.15, -0.1) is 0 Å². The fraction of sp³-hybridized carbons (Fsp3) is 0.500. The maximum absolute atomic E-state index is 11.0. The molecule has 0 spiro atoms. The molecule has 1 aliphatic heterocycles. The van der Waals surface area contributed by atoms with E-state index in [4.69, 9.17) is 21.2 Å². The Bertz CT molecular complexity index is 726. The van der Waals surface area contributed by atoms with Crippen LogP contribution in [0.15, 0.2) is 28.8 Å². The Morgan fingerprint density at radius 1 is 1.35 bits per heavy atom. The average molecular weight is 379 g/mol. The summed E-state index contributed by atoms with van der Waals surface area (Å²) in [6, 6.07) is 7.65. The number of piperidine rings is 1. The molecule has 0 bridgehead atoms. The van der Waals surface area contributed by atoms with E-state index in [1.54, 1.807) is 12.1 Å². The van der Waals surface area contributed by atoms with E-state index in [2.05, 4.69) is 15.0 Å². The molecule has 140 valence electrons. The number of aromatic nitrogens is 2. The average Bonchev–Trinajstić information content (AvgIpc) is 3.09. The summed E-state index contributed by atoms with van der Waals surface area (Å²) in [6.45, 7) is 5.25. The molecule has 2 aromatic rings. The van der Waals surface area contributed by atoms with Crippen LogP contribution in [0.4, 0.5) is 0 Å². The van der Waals surface area contributed by atoms with Crippen molar-refractivity contribution in [1.82, 2.24) is 19.9 Å². The number of likely N-dealkylation sites (N-methyl/N-ethyl adjacent to an activating group) is 1. The van der Waals surface area contributed by atoms with Crippen molar-refractivity contribution in [2.24, 2.45) is 0 Å². The summed E-state index contributed by atoms with van der Waals surface area (Å²) in [5.74, 6) is 0.381. The predicted molar refractivity (Wildman–Crippen MR) is 97.9 cm³/mol. The third kappa shape index (κ3) is 4.81. The molecule has 0 amide bonds.